The fourth-order valence-corrected chi connectivity index (χ4v) is 6.86. The first-order chi connectivity index (χ1) is 23.8. The van der Waals surface area contributed by atoms with Crippen LogP contribution in [0.15, 0.2) is 29.1 Å². The number of nitrogens with zero attached hydrogens (tertiary/aromatic N) is 4. The average Bonchev–Trinajstić information content (AvgIpc) is 3.46. The monoisotopic (exact) mass is 699 g/mol. The molecule has 0 saturated carbocycles. The van der Waals surface area contributed by atoms with Crippen LogP contribution in [-0.4, -0.2) is 82.2 Å². The lowest BCUT2D eigenvalue weighted by Crippen LogP contribution is -2.51. The average molecular weight is 700 g/mol. The number of unbranched alkanes of at least 4 members (excludes halogenated alkanes) is 1. The van der Waals surface area contributed by atoms with E-state index >= 15 is 0 Å². The summed E-state index contributed by atoms with van der Waals surface area (Å²) >= 11 is 0. The Morgan fingerprint density at radius 1 is 1.02 bits per heavy atom. The number of amides is 2. The van der Waals surface area contributed by atoms with Crippen molar-refractivity contribution in [3.8, 4) is 17.1 Å². The van der Waals surface area contributed by atoms with Gasteiger partial charge in [-0.05, 0) is 62.1 Å². The van der Waals surface area contributed by atoms with Crippen molar-refractivity contribution in [3.05, 3.63) is 56.9 Å². The molecule has 50 heavy (non-hydrogen) atoms. The summed E-state index contributed by atoms with van der Waals surface area (Å²) in [5.74, 6) is -3.47. The molecular formula is C34H36F3N5O8. The highest BCUT2D eigenvalue weighted by atomic mass is 19.4. The minimum absolute atomic E-state index is 0.0362. The maximum atomic E-state index is 13.8. The number of piperazine rings is 1. The van der Waals surface area contributed by atoms with Crippen LogP contribution in [0.5, 0.6) is 5.75 Å². The number of cyclic esters (lactones) is 1. The molecule has 16 heteroatoms. The Hall–Kier alpha value is -4.99. The van der Waals surface area contributed by atoms with Gasteiger partial charge in [-0.2, -0.15) is 13.2 Å². The van der Waals surface area contributed by atoms with Crippen LogP contribution in [0.2, 0.25) is 0 Å². The van der Waals surface area contributed by atoms with Gasteiger partial charge in [0.1, 0.15) is 12.4 Å². The number of nitrogens with two attached hydrogens (primary N) is 1. The molecule has 3 aromatic rings. The first-order valence-corrected chi connectivity index (χ1v) is 16.5. The molecule has 0 spiro atoms. The van der Waals surface area contributed by atoms with Gasteiger partial charge in [-0.3, -0.25) is 9.59 Å². The maximum Gasteiger partial charge on any atom is 0.490 e. The van der Waals surface area contributed by atoms with Crippen LogP contribution in [0.3, 0.4) is 0 Å². The highest BCUT2D eigenvalue weighted by Gasteiger charge is 2.54. The van der Waals surface area contributed by atoms with Crippen molar-refractivity contribution in [2.45, 2.75) is 70.9 Å². The lowest BCUT2D eigenvalue weighted by atomic mass is 9.85. The standard InChI is InChI=1S/C34H36F3N5O8/c1-3-20-21-15-19(49-32(47)41-13-11-40(12-14-41)27(43)7-5-6-10-38)8-9-25(21)39-28-22(20)17-42-26(28)16-24-23(29(42)44)18-48-30(45)33(24,4-2)50-31(46)34(35,36)37/h8-9,15-16H,3-7,10-14,17-18,38H2,1-2H3/t33-/m0/s1. The van der Waals surface area contributed by atoms with Gasteiger partial charge in [0.15, 0.2) is 0 Å². The number of rotatable bonds is 8. The number of hydrogen-bond acceptors (Lipinski definition) is 10. The van der Waals surface area contributed by atoms with Gasteiger partial charge in [-0.15, -0.1) is 0 Å². The molecule has 0 bridgehead atoms. The van der Waals surface area contributed by atoms with Crippen molar-refractivity contribution >= 4 is 34.8 Å². The molecular weight excluding hydrogens is 663 g/mol. The third-order valence-electron chi connectivity index (χ3n) is 9.54. The summed E-state index contributed by atoms with van der Waals surface area (Å²) in [6.45, 7) is 4.83. The molecule has 3 aliphatic rings. The summed E-state index contributed by atoms with van der Waals surface area (Å²) in [7, 11) is 0. The molecule has 0 aliphatic carbocycles. The van der Waals surface area contributed by atoms with Crippen LogP contribution < -0.4 is 16.0 Å². The van der Waals surface area contributed by atoms with Crippen molar-refractivity contribution < 1.29 is 46.6 Å². The Kier molecular flexibility index (Phi) is 9.33. The zero-order chi connectivity index (χ0) is 36.0. The predicted octanol–water partition coefficient (Wildman–Crippen LogP) is 3.53. The fraction of sp³-hybridized carbons (Fsp3) is 0.471. The second kappa shape index (κ2) is 13.4. The van der Waals surface area contributed by atoms with Crippen molar-refractivity contribution in [1.82, 2.24) is 19.4 Å². The largest absolute Gasteiger partial charge is 0.490 e. The van der Waals surface area contributed by atoms with Gasteiger partial charge in [0, 0.05) is 49.1 Å². The number of benzene rings is 1. The van der Waals surface area contributed by atoms with E-state index in [1.165, 1.54) is 22.5 Å². The minimum Gasteiger partial charge on any atom is -0.457 e. The van der Waals surface area contributed by atoms with Crippen LogP contribution in [0.25, 0.3) is 22.3 Å². The Bertz CT molecular complexity index is 1950. The number of carbonyl (C=O) groups is 4. The van der Waals surface area contributed by atoms with Crippen molar-refractivity contribution in [2.24, 2.45) is 5.73 Å². The van der Waals surface area contributed by atoms with Gasteiger partial charge >= 0.3 is 24.2 Å². The van der Waals surface area contributed by atoms with Crippen molar-refractivity contribution in [3.63, 3.8) is 0 Å². The first kappa shape index (κ1) is 34.9. The number of aromatic nitrogens is 2. The molecule has 1 aromatic carbocycles. The maximum absolute atomic E-state index is 13.8. The molecule has 1 saturated heterocycles. The fourth-order valence-electron chi connectivity index (χ4n) is 6.86. The number of halogens is 3. The third-order valence-corrected chi connectivity index (χ3v) is 9.54. The zero-order valence-electron chi connectivity index (χ0n) is 27.6. The highest BCUT2D eigenvalue weighted by Crippen LogP contribution is 2.43. The van der Waals surface area contributed by atoms with E-state index in [4.69, 9.17) is 24.9 Å². The number of hydrogen-bond donors (Lipinski definition) is 1. The molecule has 3 aliphatic heterocycles. The highest BCUT2D eigenvalue weighted by molar-refractivity contribution is 5.91. The summed E-state index contributed by atoms with van der Waals surface area (Å²) in [5.41, 5.74) is 4.80. The summed E-state index contributed by atoms with van der Waals surface area (Å²) in [5, 5.41) is 0.676. The van der Waals surface area contributed by atoms with E-state index in [2.05, 4.69) is 0 Å². The van der Waals surface area contributed by atoms with Crippen molar-refractivity contribution in [2.75, 3.05) is 32.7 Å². The van der Waals surface area contributed by atoms with Gasteiger partial charge in [-0.1, -0.05) is 13.8 Å². The topological polar surface area (TPSA) is 163 Å². The molecule has 2 aromatic heterocycles. The van der Waals surface area contributed by atoms with E-state index in [1.807, 2.05) is 6.92 Å². The Morgan fingerprint density at radius 2 is 1.74 bits per heavy atom. The Balaban J connectivity index is 1.29. The first-order valence-electron chi connectivity index (χ1n) is 16.5. The van der Waals surface area contributed by atoms with E-state index in [-0.39, 0.29) is 35.0 Å². The molecule has 2 N–H and O–H groups in total. The molecule has 1 fully saturated rings. The molecule has 13 nitrogen and oxygen atoms in total. The van der Waals surface area contributed by atoms with E-state index in [0.717, 1.165) is 18.4 Å². The normalized spacial score (nSPS) is 18.3. The van der Waals surface area contributed by atoms with Crippen LogP contribution in [0, 0.1) is 0 Å². The van der Waals surface area contributed by atoms with E-state index < -0.39 is 48.4 Å². The summed E-state index contributed by atoms with van der Waals surface area (Å²) < 4.78 is 56.8. The predicted molar refractivity (Wildman–Crippen MR) is 171 cm³/mol. The Labute approximate surface area is 284 Å². The summed E-state index contributed by atoms with van der Waals surface area (Å²) in [6.07, 6.45) is -3.94. The molecule has 1 atom stereocenters. The van der Waals surface area contributed by atoms with Gasteiger partial charge in [0.25, 0.3) is 5.56 Å². The summed E-state index contributed by atoms with van der Waals surface area (Å²) in [4.78, 5) is 72.3. The molecule has 266 valence electrons. The SMILES string of the molecule is CCc1c2c(nc3ccc(OC(=O)N4CCN(C(=O)CCCCN)CC4)cc13)-c1cc3c(c(=O)n1C2)COC(=O)[C@@]3(CC)OC(=O)C(F)(F)F. The quantitative estimate of drug-likeness (QED) is 0.213. The number of pyridine rings is 2. The lowest BCUT2D eigenvalue weighted by molar-refractivity contribution is -0.223. The van der Waals surface area contributed by atoms with E-state index in [0.29, 0.717) is 67.7 Å². The number of ether oxygens (including phenoxy) is 3. The molecule has 5 heterocycles. The smallest absolute Gasteiger partial charge is 0.457 e. The second-order valence-electron chi connectivity index (χ2n) is 12.4. The van der Waals surface area contributed by atoms with Gasteiger partial charge in [0.2, 0.25) is 11.5 Å². The van der Waals surface area contributed by atoms with Gasteiger partial charge in [-0.25, -0.2) is 19.4 Å². The number of fused-ring (bicyclic) bond motifs is 5. The number of esters is 2. The summed E-state index contributed by atoms with van der Waals surface area (Å²) in [6, 6.07) is 6.32. The lowest BCUT2D eigenvalue weighted by Gasteiger charge is -2.35. The van der Waals surface area contributed by atoms with E-state index in [1.54, 1.807) is 23.1 Å². The number of aryl methyl sites for hydroxylation is 1. The minimum atomic E-state index is -5.39. The van der Waals surface area contributed by atoms with Crippen LogP contribution >= 0.6 is 0 Å². The number of carbonyl (C=O) groups excluding carboxylic acids is 4. The molecule has 6 rings (SSSR count). The molecule has 2 amide bonds. The zero-order valence-corrected chi connectivity index (χ0v) is 27.6. The van der Waals surface area contributed by atoms with Gasteiger partial charge in [0.05, 0.1) is 29.0 Å². The molecule has 0 radical (unpaired) electrons. The van der Waals surface area contributed by atoms with E-state index in [9.17, 15) is 37.1 Å². The molecule has 0 unspecified atom stereocenters. The van der Waals surface area contributed by atoms with Crippen LogP contribution in [0.1, 0.15) is 61.8 Å². The Morgan fingerprint density at radius 3 is 2.40 bits per heavy atom. The second-order valence-corrected chi connectivity index (χ2v) is 12.4. The van der Waals surface area contributed by atoms with Crippen molar-refractivity contribution in [1.29, 1.82) is 0 Å². The third kappa shape index (κ3) is 6.05. The van der Waals surface area contributed by atoms with Gasteiger partial charge < -0.3 is 34.3 Å². The number of alkyl halides is 3. The van der Waals surface area contributed by atoms with Crippen LogP contribution in [-0.2, 0) is 49.0 Å². The van der Waals surface area contributed by atoms with Crippen LogP contribution in [0.4, 0.5) is 18.0 Å².